The number of rotatable bonds is 2. The number of hydrogen-bond donors (Lipinski definition) is 1. The first-order valence-corrected chi connectivity index (χ1v) is 13.9. The Balaban J connectivity index is 1.61. The van der Waals surface area contributed by atoms with Crippen LogP contribution in [-0.4, -0.2) is 24.0 Å². The predicted molar refractivity (Wildman–Crippen MR) is 137 cm³/mol. The molecule has 5 aliphatic carbocycles. The summed E-state index contributed by atoms with van der Waals surface area (Å²) < 4.78 is 5.46. The smallest absolute Gasteiger partial charge is 0.312 e. The molecule has 0 amide bonds. The van der Waals surface area contributed by atoms with Gasteiger partial charge in [0, 0.05) is 5.41 Å². The van der Waals surface area contributed by atoms with Gasteiger partial charge >= 0.3 is 5.97 Å². The van der Waals surface area contributed by atoms with Crippen molar-refractivity contribution in [2.45, 2.75) is 92.9 Å². The van der Waals surface area contributed by atoms with Gasteiger partial charge in [-0.05, 0) is 110 Å². The van der Waals surface area contributed by atoms with E-state index < -0.39 is 5.41 Å². The van der Waals surface area contributed by atoms with Gasteiger partial charge in [0.15, 0.2) is 5.76 Å². The summed E-state index contributed by atoms with van der Waals surface area (Å²) in [4.78, 5) is 26.3. The summed E-state index contributed by atoms with van der Waals surface area (Å²) in [6.07, 6.45) is 10.1. The normalized spacial score (nSPS) is 50.2. The number of carbonyl (C=O) groups is 2. The minimum absolute atomic E-state index is 0.00311. The summed E-state index contributed by atoms with van der Waals surface area (Å²) in [6.45, 7) is 18.0. The molecule has 9 atom stereocenters. The van der Waals surface area contributed by atoms with Crippen LogP contribution in [0, 0.1) is 56.7 Å². The van der Waals surface area contributed by atoms with Gasteiger partial charge in [-0.15, -0.1) is 0 Å². The molecule has 0 heterocycles. The van der Waals surface area contributed by atoms with Gasteiger partial charge in [0.05, 0.1) is 12.5 Å². The molecule has 5 aliphatic rings. The van der Waals surface area contributed by atoms with E-state index in [0.717, 1.165) is 51.4 Å². The molecule has 4 nitrogen and oxygen atoms in total. The molecule has 0 aromatic carbocycles. The molecule has 35 heavy (non-hydrogen) atoms. The van der Waals surface area contributed by atoms with Crippen molar-refractivity contribution in [1.82, 2.24) is 0 Å². The van der Waals surface area contributed by atoms with E-state index in [1.54, 1.807) is 7.11 Å². The van der Waals surface area contributed by atoms with Crippen LogP contribution in [0.5, 0.6) is 0 Å². The summed E-state index contributed by atoms with van der Waals surface area (Å²) in [5, 5.41) is 10.8. The Morgan fingerprint density at radius 2 is 1.66 bits per heavy atom. The highest BCUT2D eigenvalue weighted by Gasteiger charge is 2.72. The van der Waals surface area contributed by atoms with Crippen molar-refractivity contribution in [2.75, 3.05) is 7.11 Å². The number of fused-ring (bicyclic) bond motifs is 7. The molecular formula is C31H46O4. The van der Waals surface area contributed by atoms with E-state index in [4.69, 9.17) is 4.74 Å². The molecule has 5 rings (SSSR count). The van der Waals surface area contributed by atoms with E-state index in [0.29, 0.717) is 23.7 Å². The van der Waals surface area contributed by atoms with Crippen molar-refractivity contribution in [3.63, 3.8) is 0 Å². The fourth-order valence-corrected chi connectivity index (χ4v) is 11.2. The van der Waals surface area contributed by atoms with Crippen LogP contribution in [0.25, 0.3) is 0 Å². The lowest BCUT2D eigenvalue weighted by atomic mass is 9.33. The number of aliphatic hydroxyl groups is 1. The molecule has 4 heteroatoms. The number of carbonyl (C=O) groups excluding carboxylic acids is 2. The third-order valence-electron chi connectivity index (χ3n) is 13.0. The number of allylic oxidation sites excluding steroid dienone is 3. The van der Waals surface area contributed by atoms with Crippen LogP contribution in [0.2, 0.25) is 0 Å². The monoisotopic (exact) mass is 482 g/mol. The lowest BCUT2D eigenvalue weighted by Gasteiger charge is -2.71. The topological polar surface area (TPSA) is 63.6 Å². The molecule has 4 saturated carbocycles. The average molecular weight is 483 g/mol. The van der Waals surface area contributed by atoms with E-state index in [2.05, 4.69) is 34.3 Å². The number of ketones is 1. The van der Waals surface area contributed by atoms with Crippen LogP contribution >= 0.6 is 0 Å². The van der Waals surface area contributed by atoms with Crippen LogP contribution in [-0.2, 0) is 14.3 Å². The molecular weight excluding hydrogens is 436 g/mol. The molecule has 0 saturated heterocycles. The minimum atomic E-state index is -0.546. The van der Waals surface area contributed by atoms with Gasteiger partial charge in [-0.2, -0.15) is 0 Å². The zero-order chi connectivity index (χ0) is 25.8. The first-order chi connectivity index (χ1) is 16.2. The maximum absolute atomic E-state index is 13.3. The van der Waals surface area contributed by atoms with Gasteiger partial charge in [-0.3, -0.25) is 9.59 Å². The van der Waals surface area contributed by atoms with E-state index in [1.165, 1.54) is 5.57 Å². The standard InChI is InChI=1S/C31H46O4/c1-18(2)19-11-14-31(26(34)35-8)16-15-29(6)20(24(19)31)9-10-23-28(5)17-21(32)25(33)27(3,4)22(28)12-13-30(23,29)7/h17,19-20,22-24,32H,1,9-16H2,2-8H3/t19-,20+,22-,23+,24+,28-,29+,30+,31-/m0/s1. The number of esters is 1. The number of hydrogen-bond acceptors (Lipinski definition) is 4. The molecule has 0 aromatic rings. The quantitative estimate of drug-likeness (QED) is 0.338. The zero-order valence-corrected chi connectivity index (χ0v) is 23.0. The van der Waals surface area contributed by atoms with Crippen molar-refractivity contribution in [1.29, 1.82) is 0 Å². The third kappa shape index (κ3) is 2.86. The van der Waals surface area contributed by atoms with Crippen molar-refractivity contribution >= 4 is 11.8 Å². The summed E-state index contributed by atoms with van der Waals surface area (Å²) in [7, 11) is 1.56. The Morgan fingerprint density at radius 1 is 0.971 bits per heavy atom. The highest BCUT2D eigenvalue weighted by Crippen LogP contribution is 2.77. The molecule has 0 unspecified atom stereocenters. The Labute approximate surface area is 212 Å². The zero-order valence-electron chi connectivity index (χ0n) is 23.0. The minimum Gasteiger partial charge on any atom is -0.505 e. The Morgan fingerprint density at radius 3 is 2.29 bits per heavy atom. The fourth-order valence-electron chi connectivity index (χ4n) is 11.2. The Kier molecular flexibility index (Phi) is 5.36. The van der Waals surface area contributed by atoms with Gasteiger partial charge < -0.3 is 9.84 Å². The maximum atomic E-state index is 13.3. The molecule has 0 bridgehead atoms. The fraction of sp³-hybridized carbons (Fsp3) is 0.806. The van der Waals surface area contributed by atoms with Crippen LogP contribution < -0.4 is 0 Å². The molecule has 0 spiro atoms. The van der Waals surface area contributed by atoms with Gasteiger partial charge in [0.25, 0.3) is 0 Å². The lowest BCUT2D eigenvalue weighted by Crippen LogP contribution is -2.66. The van der Waals surface area contributed by atoms with Gasteiger partial charge in [0.1, 0.15) is 0 Å². The van der Waals surface area contributed by atoms with Crippen LogP contribution in [0.1, 0.15) is 92.9 Å². The number of Topliss-reactive ketones (excluding diaryl/α,β-unsaturated/α-hetero) is 1. The summed E-state index contributed by atoms with van der Waals surface area (Å²) >= 11 is 0. The molecule has 1 N–H and O–H groups in total. The summed E-state index contributed by atoms with van der Waals surface area (Å²) in [6, 6.07) is 0. The largest absolute Gasteiger partial charge is 0.505 e. The van der Waals surface area contributed by atoms with Crippen molar-refractivity contribution in [3.05, 3.63) is 24.0 Å². The first kappa shape index (κ1) is 25.1. The van der Waals surface area contributed by atoms with E-state index in [-0.39, 0.29) is 45.1 Å². The van der Waals surface area contributed by atoms with Crippen molar-refractivity contribution < 1.29 is 19.4 Å². The van der Waals surface area contributed by atoms with Crippen LogP contribution in [0.15, 0.2) is 24.0 Å². The second-order valence-electron chi connectivity index (χ2n) is 14.3. The molecule has 0 radical (unpaired) electrons. The van der Waals surface area contributed by atoms with E-state index >= 15 is 0 Å². The first-order valence-electron chi connectivity index (χ1n) is 13.9. The SMILES string of the molecule is C=C(C)[C@@H]1CC[C@]2(C(=O)OC)CC[C@]3(C)[C@H](CC[C@@H]4[C@@]5(C)C=C(O)C(=O)C(C)(C)[C@@H]5CC[C@]43C)[C@@H]12. The van der Waals surface area contributed by atoms with E-state index in [1.807, 2.05) is 19.9 Å². The lowest BCUT2D eigenvalue weighted by molar-refractivity contribution is -0.223. The second kappa shape index (κ2) is 7.48. The highest BCUT2D eigenvalue weighted by atomic mass is 16.5. The van der Waals surface area contributed by atoms with Gasteiger partial charge in [0.2, 0.25) is 5.78 Å². The van der Waals surface area contributed by atoms with Crippen molar-refractivity contribution in [3.8, 4) is 0 Å². The second-order valence-corrected chi connectivity index (χ2v) is 14.3. The Bertz CT molecular complexity index is 1010. The number of aliphatic hydroxyl groups excluding tert-OH is 1. The molecule has 4 fully saturated rings. The maximum Gasteiger partial charge on any atom is 0.312 e. The average Bonchev–Trinajstić information content (AvgIpc) is 3.18. The molecule has 194 valence electrons. The van der Waals surface area contributed by atoms with Crippen LogP contribution in [0.3, 0.4) is 0 Å². The van der Waals surface area contributed by atoms with Crippen molar-refractivity contribution in [2.24, 2.45) is 56.7 Å². The van der Waals surface area contributed by atoms with Gasteiger partial charge in [-0.25, -0.2) is 0 Å². The third-order valence-corrected chi connectivity index (χ3v) is 13.0. The number of ether oxygens (including phenoxy) is 1. The van der Waals surface area contributed by atoms with E-state index in [9.17, 15) is 14.7 Å². The van der Waals surface area contributed by atoms with Crippen LogP contribution in [0.4, 0.5) is 0 Å². The number of methoxy groups -OCH3 is 1. The highest BCUT2D eigenvalue weighted by molar-refractivity contribution is 5.98. The molecule has 0 aromatic heterocycles. The van der Waals surface area contributed by atoms with Gasteiger partial charge in [-0.1, -0.05) is 46.8 Å². The summed E-state index contributed by atoms with van der Waals surface area (Å²) in [5.41, 5.74) is 0.273. The predicted octanol–water partition coefficient (Wildman–Crippen LogP) is 7.05. The summed E-state index contributed by atoms with van der Waals surface area (Å²) in [5.74, 6) is 1.64. The molecule has 0 aliphatic heterocycles. The Hall–Kier alpha value is -1.58.